The largest absolute Gasteiger partial charge is 0 e. The van der Waals surface area contributed by atoms with E-state index in [1.54, 1.807) is 0 Å². The molecule has 0 rings (SSSR count). The van der Waals surface area contributed by atoms with Gasteiger partial charge in [-0.15, -0.1) is 0 Å². The molecular formula is CHAg2O2. The molecule has 0 aromatic rings. The van der Waals surface area contributed by atoms with Crippen LogP contribution in [0, 0.1) is 0 Å². The van der Waals surface area contributed by atoms with E-state index in [4.69, 9.17) is 9.90 Å². The molecule has 0 fully saturated rings. The van der Waals surface area contributed by atoms with E-state index in [2.05, 4.69) is 21.1 Å². The summed E-state index contributed by atoms with van der Waals surface area (Å²) in [5.41, 5.74) is 0. The topological polar surface area (TPSA) is 37.3 Å². The summed E-state index contributed by atoms with van der Waals surface area (Å²) in [5.74, 6) is 0. The molecule has 0 unspecified atom stereocenters. The summed E-state index contributed by atoms with van der Waals surface area (Å²) in [5, 5.41) is 7.33. The Bertz CT molecular complexity index is 30.6. The Morgan fingerprint density at radius 3 is 1.80 bits per heavy atom. The molecule has 0 spiro atoms. The number of carbonyl (C=O) groups is 1. The predicted octanol–water partition coefficient (Wildman–Crippen LogP) is 0.209. The fourth-order valence-electron chi connectivity index (χ4n) is 0. The van der Waals surface area contributed by atoms with Crippen LogP contribution < -0.4 is 0 Å². The molecule has 1 radical (unpaired) electrons. The first-order valence-electron chi connectivity index (χ1n) is 0.578. The molecule has 0 aliphatic carbocycles. The Morgan fingerprint density at radius 2 is 1.80 bits per heavy atom. The summed E-state index contributed by atoms with van der Waals surface area (Å²) in [4.78, 5) is 8.92. The summed E-state index contributed by atoms with van der Waals surface area (Å²) < 4.78 is -1.02. The molecule has 1 N–H and O–H groups in total. The molecular weight excluding hydrogens is 260 g/mol. The molecule has 0 saturated carbocycles. The van der Waals surface area contributed by atoms with Crippen molar-refractivity contribution in [1.29, 1.82) is 0 Å². The Morgan fingerprint density at radius 1 is 1.80 bits per heavy atom. The minimum Gasteiger partial charge on any atom is 0 e. The third kappa shape index (κ3) is 47.7. The van der Waals surface area contributed by atoms with Crippen LogP contribution in [0.3, 0.4) is 0 Å². The van der Waals surface area contributed by atoms with Crippen LogP contribution in [0.4, 0.5) is 4.79 Å². The van der Waals surface area contributed by atoms with E-state index in [0.29, 0.717) is 0 Å². The van der Waals surface area contributed by atoms with Gasteiger partial charge in [-0.2, -0.15) is 0 Å². The van der Waals surface area contributed by atoms with Crippen molar-refractivity contribution < 1.29 is 53.3 Å². The van der Waals surface area contributed by atoms with Crippen LogP contribution in [0.5, 0.6) is 0 Å². The van der Waals surface area contributed by atoms with E-state index in [9.17, 15) is 0 Å². The molecule has 0 saturated heterocycles. The Hall–Kier alpha value is 0.951. The van der Waals surface area contributed by atoms with Crippen molar-refractivity contribution in [3.05, 3.63) is 0 Å². The van der Waals surface area contributed by atoms with Crippen molar-refractivity contribution in [2.75, 3.05) is 0 Å². The van der Waals surface area contributed by atoms with Crippen molar-refractivity contribution in [3.8, 4) is 0 Å². The van der Waals surface area contributed by atoms with E-state index in [1.165, 1.54) is 0 Å². The first kappa shape index (κ1) is 9.34. The Labute approximate surface area is 57.4 Å². The molecule has 0 aliphatic rings. The van der Waals surface area contributed by atoms with Gasteiger partial charge >= 0.3 is 35.2 Å². The van der Waals surface area contributed by atoms with Gasteiger partial charge in [0.2, 0.25) is 0 Å². The van der Waals surface area contributed by atoms with Gasteiger partial charge < -0.3 is 0 Å². The van der Waals surface area contributed by atoms with Gasteiger partial charge in [-0.3, -0.25) is 0 Å². The minimum atomic E-state index is -1.02. The van der Waals surface area contributed by atoms with Crippen LogP contribution >= 0.6 is 0 Å². The van der Waals surface area contributed by atoms with Gasteiger partial charge in [0.05, 0.1) is 0 Å². The summed E-state index contributed by atoms with van der Waals surface area (Å²) in [6, 6.07) is 0. The quantitative estimate of drug-likeness (QED) is 0.633. The van der Waals surface area contributed by atoms with E-state index in [-0.39, 0.29) is 22.4 Å². The second-order valence-electron chi connectivity index (χ2n) is 0.220. The number of hydrogen-bond acceptors (Lipinski definition) is 1. The van der Waals surface area contributed by atoms with Crippen LogP contribution in [0.1, 0.15) is 0 Å². The van der Waals surface area contributed by atoms with Crippen molar-refractivity contribution in [3.63, 3.8) is 0 Å². The SMILES string of the molecule is O=[C](O)[Ag].[Ag]. The zero-order valence-electron chi connectivity index (χ0n) is 1.96. The fraction of sp³-hybridized carbons (Fsp3) is 0. The van der Waals surface area contributed by atoms with E-state index >= 15 is 0 Å². The fourth-order valence-corrected chi connectivity index (χ4v) is 0. The molecule has 2 nitrogen and oxygen atoms in total. The second-order valence-corrected chi connectivity index (χ2v) is 0.854. The number of hydrogen-bond donors (Lipinski definition) is 1. The molecule has 0 bridgehead atoms. The predicted molar refractivity (Wildman–Crippen MR) is 8.02 cm³/mol. The molecule has 0 aromatic carbocycles. The molecule has 0 heterocycles. The summed E-state index contributed by atoms with van der Waals surface area (Å²) in [7, 11) is 0. The van der Waals surface area contributed by atoms with E-state index in [1.807, 2.05) is 0 Å². The standard InChI is InChI=1S/CHO2.2Ag/c2-1-3;;/h(H,2,3);;. The van der Waals surface area contributed by atoms with Gasteiger partial charge in [0.15, 0.2) is 0 Å². The second kappa shape index (κ2) is 4.95. The molecule has 39 valence electrons. The van der Waals surface area contributed by atoms with Crippen LogP contribution in [0.2, 0.25) is 0 Å². The maximum Gasteiger partial charge on any atom is 0 e. The monoisotopic (exact) mass is 259 g/mol. The van der Waals surface area contributed by atoms with Gasteiger partial charge in [-0.25, -0.2) is 0 Å². The average molecular weight is 261 g/mol. The molecule has 5 heavy (non-hydrogen) atoms. The number of carboxylic acid groups (broad SMARTS) is 1. The summed E-state index contributed by atoms with van der Waals surface area (Å²) in [6.07, 6.45) is 0. The van der Waals surface area contributed by atoms with Crippen LogP contribution in [0.25, 0.3) is 0 Å². The first-order valence-corrected chi connectivity index (χ1v) is 1.32. The summed E-state index contributed by atoms with van der Waals surface area (Å²) >= 11 is 2.20. The number of rotatable bonds is 0. The Kier molecular flexibility index (Phi) is 9.25. The third-order valence-electron chi connectivity index (χ3n) is 0. The van der Waals surface area contributed by atoms with Crippen molar-refractivity contribution in [2.45, 2.75) is 0 Å². The van der Waals surface area contributed by atoms with Crippen LogP contribution in [-0.4, -0.2) is 9.29 Å². The van der Waals surface area contributed by atoms with E-state index in [0.717, 1.165) is 0 Å². The molecule has 0 aliphatic heterocycles. The van der Waals surface area contributed by atoms with Gasteiger partial charge in [-0.1, -0.05) is 0 Å². The normalized spacial score (nSPS) is 5.20. The van der Waals surface area contributed by atoms with Crippen LogP contribution in [-0.2, 0) is 43.4 Å². The minimum absolute atomic E-state index is 0. The molecule has 0 atom stereocenters. The third-order valence-corrected chi connectivity index (χ3v) is 0. The maximum atomic E-state index is 8.92. The van der Waals surface area contributed by atoms with Gasteiger partial charge in [0, 0.05) is 22.4 Å². The zero-order chi connectivity index (χ0) is 3.58. The van der Waals surface area contributed by atoms with Gasteiger partial charge in [0.1, 0.15) is 0 Å². The maximum absolute atomic E-state index is 8.92. The molecule has 4 heteroatoms. The smallest absolute Gasteiger partial charge is 0 e. The van der Waals surface area contributed by atoms with Crippen molar-refractivity contribution >= 4 is 4.19 Å². The Balaban J connectivity index is 0. The van der Waals surface area contributed by atoms with E-state index < -0.39 is 4.19 Å². The zero-order valence-corrected chi connectivity index (χ0v) is 4.92. The first-order chi connectivity index (χ1) is 1.73. The van der Waals surface area contributed by atoms with Crippen molar-refractivity contribution in [2.24, 2.45) is 0 Å². The van der Waals surface area contributed by atoms with Gasteiger partial charge in [-0.05, 0) is 0 Å². The van der Waals surface area contributed by atoms with Crippen molar-refractivity contribution in [1.82, 2.24) is 0 Å². The van der Waals surface area contributed by atoms with Gasteiger partial charge in [0.25, 0.3) is 0 Å². The summed E-state index contributed by atoms with van der Waals surface area (Å²) in [6.45, 7) is 0. The average Bonchev–Trinajstić information content (AvgIpc) is 0.811. The molecule has 0 amide bonds. The molecule has 0 aromatic heterocycles. The van der Waals surface area contributed by atoms with Crippen LogP contribution in [0.15, 0.2) is 0 Å².